The second-order valence-corrected chi connectivity index (χ2v) is 8.60. The summed E-state index contributed by atoms with van der Waals surface area (Å²) in [5.41, 5.74) is 4.44. The van der Waals surface area contributed by atoms with Crippen LogP contribution in [-0.2, 0) is 14.3 Å². The van der Waals surface area contributed by atoms with E-state index < -0.39 is 18.1 Å². The Morgan fingerprint density at radius 1 is 1.03 bits per heavy atom. The fourth-order valence-corrected chi connectivity index (χ4v) is 5.31. The largest absolute Gasteiger partial charge is 0.480 e. The molecule has 1 aliphatic carbocycles. The number of benzene rings is 2. The number of carboxylic acids is 1. The van der Waals surface area contributed by atoms with Crippen molar-refractivity contribution in [2.45, 2.75) is 31.2 Å². The molecule has 5 rings (SSSR count). The quantitative estimate of drug-likeness (QED) is 0.835. The molecule has 2 aromatic rings. The second-order valence-electron chi connectivity index (χ2n) is 8.60. The van der Waals surface area contributed by atoms with Gasteiger partial charge in [0.2, 0.25) is 0 Å². The van der Waals surface area contributed by atoms with Gasteiger partial charge in [-0.2, -0.15) is 0 Å². The van der Waals surface area contributed by atoms with Gasteiger partial charge in [-0.3, -0.25) is 4.90 Å². The first-order chi connectivity index (χ1) is 14.6. The average molecular weight is 407 g/mol. The van der Waals surface area contributed by atoms with E-state index in [9.17, 15) is 14.7 Å². The Hall–Kier alpha value is -2.86. The third kappa shape index (κ3) is 3.16. The number of carboxylic acid groups (broad SMARTS) is 1. The van der Waals surface area contributed by atoms with Gasteiger partial charge in [0.05, 0.1) is 0 Å². The first-order valence-corrected chi connectivity index (χ1v) is 10.5. The maximum absolute atomic E-state index is 13.0. The summed E-state index contributed by atoms with van der Waals surface area (Å²) in [5.74, 6) is -1.00. The molecular formula is C24H25NO5. The molecular weight excluding hydrogens is 382 g/mol. The minimum atomic E-state index is -0.966. The fraction of sp³-hybridized carbons (Fsp3) is 0.417. The van der Waals surface area contributed by atoms with E-state index in [1.54, 1.807) is 0 Å². The lowest BCUT2D eigenvalue weighted by Gasteiger charge is -2.32. The molecule has 0 bridgehead atoms. The van der Waals surface area contributed by atoms with E-state index in [0.717, 1.165) is 24.0 Å². The van der Waals surface area contributed by atoms with Crippen molar-refractivity contribution in [1.82, 2.24) is 4.90 Å². The molecule has 2 saturated heterocycles. The SMILES string of the molecule is O=C(O)C1CC2(CCOCC2)CN1C(=O)OCC1c2ccccc2-c2ccccc21. The molecule has 1 atom stereocenters. The van der Waals surface area contributed by atoms with Crippen LogP contribution < -0.4 is 0 Å². The Labute approximate surface area is 175 Å². The minimum absolute atomic E-state index is 0.0377. The maximum Gasteiger partial charge on any atom is 0.410 e. The van der Waals surface area contributed by atoms with Crippen LogP contribution in [0.1, 0.15) is 36.3 Å². The monoisotopic (exact) mass is 407 g/mol. The highest BCUT2D eigenvalue weighted by Crippen LogP contribution is 2.45. The van der Waals surface area contributed by atoms with Gasteiger partial charge in [-0.15, -0.1) is 0 Å². The molecule has 2 heterocycles. The highest BCUT2D eigenvalue weighted by molar-refractivity contribution is 5.82. The normalized spacial score (nSPS) is 22.0. The van der Waals surface area contributed by atoms with Gasteiger partial charge >= 0.3 is 12.1 Å². The van der Waals surface area contributed by atoms with E-state index >= 15 is 0 Å². The van der Waals surface area contributed by atoms with Crippen LogP contribution in [-0.4, -0.2) is 54.5 Å². The van der Waals surface area contributed by atoms with Crippen molar-refractivity contribution in [2.75, 3.05) is 26.4 Å². The predicted octanol–water partition coefficient (Wildman–Crippen LogP) is 3.89. The average Bonchev–Trinajstić information content (AvgIpc) is 3.29. The van der Waals surface area contributed by atoms with Crippen LogP contribution in [0.5, 0.6) is 0 Å². The maximum atomic E-state index is 13.0. The van der Waals surface area contributed by atoms with Gasteiger partial charge in [0, 0.05) is 25.7 Å². The van der Waals surface area contributed by atoms with Crippen molar-refractivity contribution in [3.05, 3.63) is 59.7 Å². The summed E-state index contributed by atoms with van der Waals surface area (Å²) in [5, 5.41) is 9.71. The number of nitrogens with zero attached hydrogens (tertiary/aromatic N) is 1. The van der Waals surface area contributed by atoms with E-state index in [1.807, 2.05) is 24.3 Å². The molecule has 1 unspecified atom stereocenters. The first-order valence-electron chi connectivity index (χ1n) is 10.5. The smallest absolute Gasteiger partial charge is 0.410 e. The van der Waals surface area contributed by atoms with Crippen molar-refractivity contribution in [1.29, 1.82) is 0 Å². The second kappa shape index (κ2) is 7.43. The standard InChI is InChI=1S/C24H25NO5/c26-22(27)21-13-24(9-11-29-12-10-24)15-25(21)23(28)30-14-20-18-7-3-1-5-16(18)17-6-2-4-8-19(17)20/h1-8,20-21H,9-15H2,(H,26,27). The Kier molecular flexibility index (Phi) is 4.74. The molecule has 0 saturated carbocycles. The molecule has 30 heavy (non-hydrogen) atoms. The minimum Gasteiger partial charge on any atom is -0.480 e. The summed E-state index contributed by atoms with van der Waals surface area (Å²) in [6.45, 7) is 1.85. The van der Waals surface area contributed by atoms with E-state index in [-0.39, 0.29) is 17.9 Å². The zero-order valence-corrected chi connectivity index (χ0v) is 16.8. The van der Waals surface area contributed by atoms with Crippen LogP contribution >= 0.6 is 0 Å². The van der Waals surface area contributed by atoms with Gasteiger partial charge in [-0.1, -0.05) is 48.5 Å². The van der Waals surface area contributed by atoms with E-state index in [2.05, 4.69) is 24.3 Å². The number of amides is 1. The molecule has 1 spiro atoms. The van der Waals surface area contributed by atoms with Gasteiger partial charge < -0.3 is 14.6 Å². The van der Waals surface area contributed by atoms with Crippen molar-refractivity contribution in [3.8, 4) is 11.1 Å². The van der Waals surface area contributed by atoms with Crippen LogP contribution in [0.3, 0.4) is 0 Å². The zero-order chi connectivity index (χ0) is 20.7. The molecule has 1 N–H and O–H groups in total. The predicted molar refractivity (Wildman–Crippen MR) is 110 cm³/mol. The molecule has 1 amide bonds. The third-order valence-electron chi connectivity index (χ3n) is 6.92. The lowest BCUT2D eigenvalue weighted by Crippen LogP contribution is -2.41. The summed E-state index contributed by atoms with van der Waals surface area (Å²) < 4.78 is 11.2. The fourth-order valence-electron chi connectivity index (χ4n) is 5.31. The lowest BCUT2D eigenvalue weighted by atomic mass is 9.78. The topological polar surface area (TPSA) is 76.1 Å². The van der Waals surface area contributed by atoms with Gasteiger partial charge in [-0.25, -0.2) is 9.59 Å². The van der Waals surface area contributed by atoms with Crippen LogP contribution in [0.2, 0.25) is 0 Å². The van der Waals surface area contributed by atoms with Gasteiger partial charge in [0.15, 0.2) is 0 Å². The number of rotatable bonds is 3. The lowest BCUT2D eigenvalue weighted by molar-refractivity contribution is -0.141. The number of fused-ring (bicyclic) bond motifs is 3. The van der Waals surface area contributed by atoms with Crippen molar-refractivity contribution >= 4 is 12.1 Å². The number of likely N-dealkylation sites (tertiary alicyclic amines) is 1. The van der Waals surface area contributed by atoms with E-state index in [0.29, 0.717) is 26.2 Å². The van der Waals surface area contributed by atoms with E-state index in [4.69, 9.17) is 9.47 Å². The first kappa shape index (κ1) is 19.1. The number of ether oxygens (including phenoxy) is 2. The third-order valence-corrected chi connectivity index (χ3v) is 6.92. The molecule has 6 heteroatoms. The van der Waals surface area contributed by atoms with Gasteiger partial charge in [0.25, 0.3) is 0 Å². The highest BCUT2D eigenvalue weighted by atomic mass is 16.6. The van der Waals surface area contributed by atoms with Crippen molar-refractivity contribution in [2.24, 2.45) is 5.41 Å². The zero-order valence-electron chi connectivity index (χ0n) is 16.8. The summed E-state index contributed by atoms with van der Waals surface area (Å²) in [6, 6.07) is 15.5. The van der Waals surface area contributed by atoms with Crippen LogP contribution in [0.15, 0.2) is 48.5 Å². The molecule has 156 valence electrons. The highest BCUT2D eigenvalue weighted by Gasteiger charge is 2.50. The summed E-state index contributed by atoms with van der Waals surface area (Å²) >= 11 is 0. The number of carbonyl (C=O) groups excluding carboxylic acids is 1. The summed E-state index contributed by atoms with van der Waals surface area (Å²) in [6.07, 6.45) is 1.50. The van der Waals surface area contributed by atoms with Crippen LogP contribution in [0.4, 0.5) is 4.79 Å². The number of aliphatic carboxylic acids is 1. The number of hydrogen-bond acceptors (Lipinski definition) is 4. The Bertz CT molecular complexity index is 936. The molecule has 2 aromatic carbocycles. The van der Waals surface area contributed by atoms with Gasteiger partial charge in [0.1, 0.15) is 12.6 Å². The molecule has 6 nitrogen and oxygen atoms in total. The molecule has 2 fully saturated rings. The molecule has 3 aliphatic rings. The molecule has 0 aromatic heterocycles. The van der Waals surface area contributed by atoms with Crippen LogP contribution in [0, 0.1) is 5.41 Å². The van der Waals surface area contributed by atoms with E-state index in [1.165, 1.54) is 16.0 Å². The Balaban J connectivity index is 1.34. The number of hydrogen-bond donors (Lipinski definition) is 1. The molecule has 2 aliphatic heterocycles. The van der Waals surface area contributed by atoms with Crippen molar-refractivity contribution in [3.63, 3.8) is 0 Å². The number of carbonyl (C=O) groups is 2. The molecule has 0 radical (unpaired) electrons. The van der Waals surface area contributed by atoms with Crippen molar-refractivity contribution < 1.29 is 24.2 Å². The van der Waals surface area contributed by atoms with Crippen LogP contribution in [0.25, 0.3) is 11.1 Å². The Morgan fingerprint density at radius 2 is 1.63 bits per heavy atom. The summed E-state index contributed by atoms with van der Waals surface area (Å²) in [7, 11) is 0. The summed E-state index contributed by atoms with van der Waals surface area (Å²) in [4.78, 5) is 26.2. The van der Waals surface area contributed by atoms with Gasteiger partial charge in [-0.05, 0) is 46.9 Å². The Morgan fingerprint density at radius 3 is 2.23 bits per heavy atom.